The zero-order valence-corrected chi connectivity index (χ0v) is 33.6. The molecule has 7 aromatic rings. The first-order valence-corrected chi connectivity index (χ1v) is 23.6. The van der Waals surface area contributed by atoms with Gasteiger partial charge in [-0.2, -0.15) is 0 Å². The van der Waals surface area contributed by atoms with Gasteiger partial charge in [0.05, 0.1) is 22.6 Å². The van der Waals surface area contributed by atoms with Crippen molar-refractivity contribution in [3.8, 4) is 59.9 Å². The average molecular weight is 837 g/mol. The number of carbonyl (C=O) groups is 2. The van der Waals surface area contributed by atoms with Gasteiger partial charge < -0.3 is 10.2 Å². The van der Waals surface area contributed by atoms with Crippen LogP contribution in [0.5, 0.6) is 0 Å². The van der Waals surface area contributed by atoms with Gasteiger partial charge in [-0.1, -0.05) is 24.3 Å². The molecule has 0 bridgehead atoms. The molecule has 8 nitrogen and oxygen atoms in total. The fourth-order valence-electron chi connectivity index (χ4n) is 5.67. The first kappa shape index (κ1) is 37.1. The number of thiophene rings is 5. The number of benzene rings is 2. The molecule has 0 amide bonds. The largest absolute Gasteiger partial charge is 0.481 e. The normalized spacial score (nSPS) is 12.0. The summed E-state index contributed by atoms with van der Waals surface area (Å²) in [5.41, 5.74) is 3.14. The molecule has 0 aliphatic heterocycles. The zero-order valence-electron chi connectivity index (χ0n) is 27.9. The van der Waals surface area contributed by atoms with E-state index in [2.05, 4.69) is 0 Å². The van der Waals surface area contributed by atoms with E-state index in [0.29, 0.717) is 11.1 Å². The van der Waals surface area contributed by atoms with Gasteiger partial charge >= 0.3 is 11.9 Å². The molecule has 270 valence electrons. The van der Waals surface area contributed by atoms with E-state index in [1.54, 1.807) is 71.2 Å². The van der Waals surface area contributed by atoms with E-state index < -0.39 is 31.6 Å². The molecule has 2 N–H and O–H groups in total. The molecule has 2 aromatic carbocycles. The maximum Gasteiger partial charge on any atom is 0.307 e. The second-order valence-corrected chi connectivity index (χ2v) is 21.5. The number of aliphatic carboxylic acids is 2. The molecule has 0 fully saturated rings. The molecular weight excluding hydrogens is 809 g/mol. The van der Waals surface area contributed by atoms with Crippen molar-refractivity contribution in [2.45, 2.75) is 22.6 Å². The lowest BCUT2D eigenvalue weighted by atomic mass is 10.1. The second kappa shape index (κ2) is 14.5. The summed E-state index contributed by atoms with van der Waals surface area (Å²) < 4.78 is 47.6. The fourth-order valence-corrected chi connectivity index (χ4v) is 12.8. The van der Waals surface area contributed by atoms with Crippen LogP contribution in [0, 0.1) is 0 Å². The van der Waals surface area contributed by atoms with Crippen molar-refractivity contribution in [1.82, 2.24) is 0 Å². The van der Waals surface area contributed by atoms with Gasteiger partial charge in [-0.15, -0.1) is 56.7 Å². The van der Waals surface area contributed by atoms with E-state index >= 15 is 0 Å². The lowest BCUT2D eigenvalue weighted by molar-refractivity contribution is -0.137. The van der Waals surface area contributed by atoms with E-state index in [0.717, 1.165) is 59.9 Å². The van der Waals surface area contributed by atoms with Gasteiger partial charge in [0.15, 0.2) is 19.7 Å². The molecule has 7 rings (SSSR count). The van der Waals surface area contributed by atoms with Crippen molar-refractivity contribution in [3.63, 3.8) is 0 Å². The third-order valence-corrected chi connectivity index (χ3v) is 16.9. The van der Waals surface area contributed by atoms with Crippen LogP contribution in [0.2, 0.25) is 0 Å². The Balaban J connectivity index is 1.19. The van der Waals surface area contributed by atoms with Crippen LogP contribution in [-0.2, 0) is 42.1 Å². The standard InChI is InChI=1S/C38H28O8S7/c1-52(43,44)25-7-3-21(4-8-25)27-11-13-29(47-27)33-17-23(19-35(39)40)37(50-33)31-15-16-32(49-31)38-24(20-36(41)42)18-34(51-38)30-14-12-28(48-30)22-5-9-26(10-6-22)53(2,45)46/h3-18H,19-20H2,1-2H3,(H,39,40)(H,41,42). The third-order valence-electron chi connectivity index (χ3n) is 8.19. The fraction of sp³-hybridized carbons (Fsp3) is 0.105. The SMILES string of the molecule is CS(=O)(=O)c1ccc(-c2ccc(-c3cc(CC(=O)O)c(-c4ccc(-c5sc(-c6ccc(-c7ccc(S(C)(=O)=O)cc7)s6)cc5CC(=O)O)s4)s3)s2)cc1. The Bertz CT molecular complexity index is 2530. The van der Waals surface area contributed by atoms with Gasteiger partial charge in [0.25, 0.3) is 0 Å². The summed E-state index contributed by atoms with van der Waals surface area (Å²) in [7, 11) is -6.62. The number of sulfone groups is 2. The summed E-state index contributed by atoms with van der Waals surface area (Å²) in [4.78, 5) is 33.5. The summed E-state index contributed by atoms with van der Waals surface area (Å²) in [6, 6.07) is 29.1. The maximum atomic E-state index is 11.9. The number of carboxylic acid groups (broad SMARTS) is 2. The van der Waals surface area contributed by atoms with Crippen molar-refractivity contribution in [2.75, 3.05) is 12.5 Å². The predicted octanol–water partition coefficient (Wildman–Crippen LogP) is 10.1. The first-order valence-electron chi connectivity index (χ1n) is 15.7. The van der Waals surface area contributed by atoms with Gasteiger partial charge in [0.1, 0.15) is 0 Å². The molecule has 0 spiro atoms. The Hall–Kier alpha value is -4.22. The van der Waals surface area contributed by atoms with E-state index in [1.807, 2.05) is 48.5 Å². The van der Waals surface area contributed by atoms with Crippen LogP contribution < -0.4 is 0 Å². The number of hydrogen-bond donors (Lipinski definition) is 2. The van der Waals surface area contributed by atoms with Crippen LogP contribution in [0.25, 0.3) is 59.9 Å². The van der Waals surface area contributed by atoms with Gasteiger partial charge in [0, 0.05) is 61.3 Å². The molecule has 5 heterocycles. The van der Waals surface area contributed by atoms with Gasteiger partial charge in [0.2, 0.25) is 0 Å². The predicted molar refractivity (Wildman–Crippen MR) is 217 cm³/mol. The molecule has 0 saturated heterocycles. The summed E-state index contributed by atoms with van der Waals surface area (Å²) in [6.45, 7) is 0. The Morgan fingerprint density at radius 2 is 0.774 bits per heavy atom. The maximum absolute atomic E-state index is 11.9. The summed E-state index contributed by atoms with van der Waals surface area (Å²) in [5, 5.41) is 19.5. The van der Waals surface area contributed by atoms with E-state index in [9.17, 15) is 36.6 Å². The highest BCUT2D eigenvalue weighted by Gasteiger charge is 2.22. The molecule has 15 heteroatoms. The Labute approximate surface area is 325 Å². The van der Waals surface area contributed by atoms with Crippen LogP contribution in [0.3, 0.4) is 0 Å². The molecule has 0 aliphatic carbocycles. The molecule has 0 radical (unpaired) electrons. The molecular formula is C38H28O8S7. The minimum atomic E-state index is -3.31. The zero-order chi connectivity index (χ0) is 37.7. The molecule has 0 aliphatic rings. The molecule has 0 atom stereocenters. The highest BCUT2D eigenvalue weighted by atomic mass is 32.2. The smallest absolute Gasteiger partial charge is 0.307 e. The lowest BCUT2D eigenvalue weighted by Gasteiger charge is -2.00. The van der Waals surface area contributed by atoms with Crippen LogP contribution in [0.15, 0.2) is 107 Å². The van der Waals surface area contributed by atoms with Crippen LogP contribution >= 0.6 is 56.7 Å². The first-order chi connectivity index (χ1) is 25.1. The van der Waals surface area contributed by atoms with Crippen molar-refractivity contribution in [2.24, 2.45) is 0 Å². The van der Waals surface area contributed by atoms with Crippen LogP contribution in [-0.4, -0.2) is 51.5 Å². The Morgan fingerprint density at radius 1 is 0.453 bits per heavy atom. The van der Waals surface area contributed by atoms with Crippen LogP contribution in [0.4, 0.5) is 0 Å². The van der Waals surface area contributed by atoms with Gasteiger partial charge in [-0.25, -0.2) is 16.8 Å². The molecule has 0 unspecified atom stereocenters. The van der Waals surface area contributed by atoms with Crippen molar-refractivity contribution in [1.29, 1.82) is 0 Å². The molecule has 53 heavy (non-hydrogen) atoms. The summed E-state index contributed by atoms with van der Waals surface area (Å²) >= 11 is 7.59. The average Bonchev–Trinajstić information content (AvgIpc) is 3.93. The highest BCUT2D eigenvalue weighted by Crippen LogP contribution is 2.49. The quantitative estimate of drug-likeness (QED) is 0.124. The monoisotopic (exact) mass is 836 g/mol. The van der Waals surface area contributed by atoms with E-state index in [1.165, 1.54) is 46.5 Å². The Kier molecular flexibility index (Phi) is 10.2. The van der Waals surface area contributed by atoms with Crippen LogP contribution in [0.1, 0.15) is 11.1 Å². The van der Waals surface area contributed by atoms with Gasteiger partial charge in [-0.3, -0.25) is 9.59 Å². The van der Waals surface area contributed by atoms with E-state index in [4.69, 9.17) is 0 Å². The van der Waals surface area contributed by atoms with Gasteiger partial charge in [-0.05, 0) is 95.1 Å². The minimum absolute atomic E-state index is 0.157. The second-order valence-electron chi connectivity index (χ2n) is 12.2. The molecule has 0 saturated carbocycles. The number of rotatable bonds is 12. The third kappa shape index (κ3) is 8.16. The highest BCUT2D eigenvalue weighted by molar-refractivity contribution is 7.91. The summed E-state index contributed by atoms with van der Waals surface area (Å²) in [6.07, 6.45) is 2.03. The molecule has 5 aromatic heterocycles. The topological polar surface area (TPSA) is 143 Å². The van der Waals surface area contributed by atoms with Crippen molar-refractivity contribution in [3.05, 3.63) is 108 Å². The minimum Gasteiger partial charge on any atom is -0.481 e. The summed E-state index contributed by atoms with van der Waals surface area (Å²) in [5.74, 6) is -1.89. The number of hydrogen-bond acceptors (Lipinski definition) is 11. The van der Waals surface area contributed by atoms with Crippen molar-refractivity contribution < 1.29 is 36.6 Å². The lowest BCUT2D eigenvalue weighted by Crippen LogP contribution is -1.99. The van der Waals surface area contributed by atoms with Crippen molar-refractivity contribution >= 4 is 88.3 Å². The van der Waals surface area contributed by atoms with E-state index in [-0.39, 0.29) is 22.6 Å². The number of carboxylic acids is 2. The Morgan fingerprint density at radius 3 is 1.11 bits per heavy atom.